The number of nitrogens with zero attached hydrogens (tertiary/aromatic N) is 3. The first kappa shape index (κ1) is 24.4. The number of hydrogen-bond donors (Lipinski definition) is 1. The molecule has 0 fully saturated rings. The summed E-state index contributed by atoms with van der Waals surface area (Å²) in [6.45, 7) is 3.66. The van der Waals surface area contributed by atoms with Gasteiger partial charge in [0.15, 0.2) is 18.2 Å². The van der Waals surface area contributed by atoms with Crippen molar-refractivity contribution in [3.05, 3.63) is 87.3 Å². The molecule has 0 unspecified atom stereocenters. The first-order valence-electron chi connectivity index (χ1n) is 10.8. The number of nitrogens with one attached hydrogen (secondary N) is 1. The Bertz CT molecular complexity index is 1380. The lowest BCUT2D eigenvalue weighted by Crippen LogP contribution is -2.16. The molecule has 0 radical (unpaired) electrons. The SMILES string of the molecule is CCc1cc(C(=O)c2ccccc2Cl)c(-n2c(C)nnc2COC(=O)Nc2cccc(OC)c2)s1. The molecule has 1 amide bonds. The Morgan fingerprint density at radius 1 is 1.09 bits per heavy atom. The van der Waals surface area contributed by atoms with Crippen LogP contribution in [0.15, 0.2) is 54.6 Å². The van der Waals surface area contributed by atoms with Gasteiger partial charge in [0, 0.05) is 22.2 Å². The molecule has 180 valence electrons. The lowest BCUT2D eigenvalue weighted by molar-refractivity contribution is 0.103. The number of aryl methyl sites for hydroxylation is 2. The highest BCUT2D eigenvalue weighted by Gasteiger charge is 2.24. The molecule has 0 saturated carbocycles. The number of thiophene rings is 1. The maximum atomic E-state index is 13.4. The first-order chi connectivity index (χ1) is 16.9. The van der Waals surface area contributed by atoms with Crippen LogP contribution in [0.4, 0.5) is 10.5 Å². The minimum absolute atomic E-state index is 0.143. The van der Waals surface area contributed by atoms with E-state index in [0.29, 0.717) is 44.2 Å². The second-order valence-electron chi connectivity index (χ2n) is 7.53. The molecule has 2 aromatic carbocycles. The van der Waals surface area contributed by atoms with Crippen molar-refractivity contribution in [2.45, 2.75) is 26.9 Å². The number of benzene rings is 2. The van der Waals surface area contributed by atoms with Gasteiger partial charge in [-0.25, -0.2) is 4.79 Å². The van der Waals surface area contributed by atoms with Crippen LogP contribution in [0.1, 0.15) is 39.4 Å². The van der Waals surface area contributed by atoms with Crippen LogP contribution in [0.5, 0.6) is 5.75 Å². The summed E-state index contributed by atoms with van der Waals surface area (Å²) >= 11 is 7.76. The molecule has 0 aliphatic rings. The van der Waals surface area contributed by atoms with Crippen LogP contribution >= 0.6 is 22.9 Å². The highest BCUT2D eigenvalue weighted by atomic mass is 35.5. The summed E-state index contributed by atoms with van der Waals surface area (Å²) in [6, 6.07) is 15.7. The number of ketones is 1. The molecule has 1 N–H and O–H groups in total. The van der Waals surface area contributed by atoms with Crippen molar-refractivity contribution in [2.75, 3.05) is 12.4 Å². The predicted molar refractivity (Wildman–Crippen MR) is 135 cm³/mol. The van der Waals surface area contributed by atoms with Crippen molar-refractivity contribution in [3.63, 3.8) is 0 Å². The van der Waals surface area contributed by atoms with Crippen LogP contribution in [0, 0.1) is 6.92 Å². The molecule has 0 bridgehead atoms. The summed E-state index contributed by atoms with van der Waals surface area (Å²) in [5.74, 6) is 1.37. The van der Waals surface area contributed by atoms with E-state index in [1.165, 1.54) is 11.3 Å². The Balaban J connectivity index is 1.60. The quantitative estimate of drug-likeness (QED) is 0.299. The van der Waals surface area contributed by atoms with Gasteiger partial charge in [0.2, 0.25) is 0 Å². The van der Waals surface area contributed by atoms with Gasteiger partial charge >= 0.3 is 6.09 Å². The third-order valence-corrected chi connectivity index (χ3v) is 6.81. The molecule has 0 aliphatic heterocycles. The van der Waals surface area contributed by atoms with E-state index in [1.807, 2.05) is 13.0 Å². The van der Waals surface area contributed by atoms with E-state index in [-0.39, 0.29) is 12.4 Å². The number of hydrogen-bond acceptors (Lipinski definition) is 7. The molecule has 0 saturated heterocycles. The zero-order chi connectivity index (χ0) is 24.9. The average Bonchev–Trinajstić information content (AvgIpc) is 3.45. The van der Waals surface area contributed by atoms with Gasteiger partial charge in [-0.05, 0) is 43.7 Å². The van der Waals surface area contributed by atoms with Gasteiger partial charge in [0.25, 0.3) is 0 Å². The zero-order valence-electron chi connectivity index (χ0n) is 19.4. The number of methoxy groups -OCH3 is 1. The highest BCUT2D eigenvalue weighted by molar-refractivity contribution is 7.15. The summed E-state index contributed by atoms with van der Waals surface area (Å²) < 4.78 is 12.3. The first-order valence-corrected chi connectivity index (χ1v) is 12.0. The average molecular weight is 511 g/mol. The van der Waals surface area contributed by atoms with E-state index in [1.54, 1.807) is 67.1 Å². The number of halogens is 1. The lowest BCUT2D eigenvalue weighted by atomic mass is 10.0. The van der Waals surface area contributed by atoms with Gasteiger partial charge in [-0.15, -0.1) is 21.5 Å². The van der Waals surface area contributed by atoms with E-state index < -0.39 is 6.09 Å². The van der Waals surface area contributed by atoms with Gasteiger partial charge in [-0.1, -0.05) is 36.7 Å². The number of rotatable bonds is 8. The minimum atomic E-state index is -0.654. The fourth-order valence-corrected chi connectivity index (χ4v) is 4.85. The normalized spacial score (nSPS) is 10.7. The summed E-state index contributed by atoms with van der Waals surface area (Å²) in [5.41, 5.74) is 1.44. The number of carbonyl (C=O) groups is 2. The standard InChI is InChI=1S/C25H23ClN4O4S/c1-4-18-13-20(23(31)19-10-5-6-11-21(19)26)24(35-18)30-15(2)28-29-22(30)14-34-25(32)27-16-8-7-9-17(12-16)33-3/h5-13H,4,14H2,1-3H3,(H,27,32). The summed E-state index contributed by atoms with van der Waals surface area (Å²) in [7, 11) is 1.55. The van der Waals surface area contributed by atoms with Crippen molar-refractivity contribution in [3.8, 4) is 10.8 Å². The number of anilines is 1. The van der Waals surface area contributed by atoms with E-state index in [2.05, 4.69) is 15.5 Å². The fraction of sp³-hybridized carbons (Fsp3) is 0.200. The highest BCUT2D eigenvalue weighted by Crippen LogP contribution is 2.32. The molecule has 0 atom stereocenters. The lowest BCUT2D eigenvalue weighted by Gasteiger charge is -2.11. The van der Waals surface area contributed by atoms with Crippen LogP contribution in [0.25, 0.3) is 5.00 Å². The fourth-order valence-electron chi connectivity index (χ4n) is 3.47. The van der Waals surface area contributed by atoms with E-state index >= 15 is 0 Å². The number of amides is 1. The number of ether oxygens (including phenoxy) is 2. The van der Waals surface area contributed by atoms with Crippen LogP contribution in [-0.2, 0) is 17.8 Å². The maximum absolute atomic E-state index is 13.4. The van der Waals surface area contributed by atoms with E-state index in [4.69, 9.17) is 21.1 Å². The Morgan fingerprint density at radius 3 is 2.63 bits per heavy atom. The Morgan fingerprint density at radius 2 is 1.89 bits per heavy atom. The summed E-state index contributed by atoms with van der Waals surface area (Å²) in [4.78, 5) is 26.8. The Labute approximate surface area is 211 Å². The molecule has 0 aliphatic carbocycles. The summed E-state index contributed by atoms with van der Waals surface area (Å²) in [5, 5.41) is 12.0. The maximum Gasteiger partial charge on any atom is 0.412 e. The predicted octanol–water partition coefficient (Wildman–Crippen LogP) is 5.84. The topological polar surface area (TPSA) is 95.3 Å². The van der Waals surface area contributed by atoms with Gasteiger partial charge in [0.1, 0.15) is 16.6 Å². The number of aromatic nitrogens is 3. The number of carbonyl (C=O) groups excluding carboxylic acids is 2. The van der Waals surface area contributed by atoms with Gasteiger partial charge in [-0.2, -0.15) is 0 Å². The molecule has 4 aromatic rings. The molecular formula is C25H23ClN4O4S. The van der Waals surface area contributed by atoms with Crippen LogP contribution in [0.3, 0.4) is 0 Å². The largest absolute Gasteiger partial charge is 0.497 e. The molecule has 10 heteroatoms. The molecule has 8 nitrogen and oxygen atoms in total. The Kier molecular flexibility index (Phi) is 7.48. The van der Waals surface area contributed by atoms with Crippen molar-refractivity contribution < 1.29 is 19.1 Å². The molecule has 4 rings (SSSR count). The van der Waals surface area contributed by atoms with E-state index in [9.17, 15) is 9.59 Å². The van der Waals surface area contributed by atoms with Crippen LogP contribution < -0.4 is 10.1 Å². The zero-order valence-corrected chi connectivity index (χ0v) is 20.9. The van der Waals surface area contributed by atoms with Gasteiger partial charge in [0.05, 0.1) is 17.7 Å². The Hall–Kier alpha value is -3.69. The molecule has 35 heavy (non-hydrogen) atoms. The van der Waals surface area contributed by atoms with Crippen molar-refractivity contribution in [2.24, 2.45) is 0 Å². The van der Waals surface area contributed by atoms with Crippen molar-refractivity contribution in [1.29, 1.82) is 0 Å². The van der Waals surface area contributed by atoms with Gasteiger partial charge < -0.3 is 9.47 Å². The van der Waals surface area contributed by atoms with Crippen molar-refractivity contribution >= 4 is 40.5 Å². The van der Waals surface area contributed by atoms with E-state index in [0.717, 1.165) is 11.3 Å². The molecule has 2 aromatic heterocycles. The smallest absolute Gasteiger partial charge is 0.412 e. The van der Waals surface area contributed by atoms with Crippen LogP contribution in [-0.4, -0.2) is 33.8 Å². The van der Waals surface area contributed by atoms with Crippen molar-refractivity contribution in [1.82, 2.24) is 14.8 Å². The molecule has 0 spiro atoms. The second kappa shape index (κ2) is 10.7. The molecular weight excluding hydrogens is 488 g/mol. The van der Waals surface area contributed by atoms with Gasteiger partial charge in [-0.3, -0.25) is 14.7 Å². The minimum Gasteiger partial charge on any atom is -0.497 e. The second-order valence-corrected chi connectivity index (χ2v) is 9.05. The third kappa shape index (κ3) is 5.36. The monoisotopic (exact) mass is 510 g/mol. The van der Waals surface area contributed by atoms with Crippen LogP contribution in [0.2, 0.25) is 5.02 Å². The summed E-state index contributed by atoms with van der Waals surface area (Å²) in [6.07, 6.45) is 0.0990. The molecule has 2 heterocycles. The third-order valence-electron chi connectivity index (χ3n) is 5.22.